The summed E-state index contributed by atoms with van der Waals surface area (Å²) in [7, 11) is 0. The predicted molar refractivity (Wildman–Crippen MR) is 97.3 cm³/mol. The third-order valence-electron chi connectivity index (χ3n) is 3.34. The summed E-state index contributed by atoms with van der Waals surface area (Å²) in [5, 5.41) is 6.50. The van der Waals surface area contributed by atoms with Crippen LogP contribution >= 0.6 is 15.9 Å². The molecule has 0 saturated carbocycles. The number of hydrogen-bond donors (Lipinski definition) is 1. The number of aromatic nitrogens is 2. The molecule has 0 bridgehead atoms. The second-order valence-electron chi connectivity index (χ2n) is 5.35. The molecule has 0 unspecified atom stereocenters. The van der Waals surface area contributed by atoms with Crippen LogP contribution in [0.1, 0.15) is 23.2 Å². The van der Waals surface area contributed by atoms with Crippen molar-refractivity contribution in [2.75, 3.05) is 5.32 Å². The summed E-state index contributed by atoms with van der Waals surface area (Å²) in [6, 6.07) is 13.8. The van der Waals surface area contributed by atoms with Gasteiger partial charge in [0.1, 0.15) is 0 Å². The molecule has 1 amide bonds. The van der Waals surface area contributed by atoms with E-state index in [2.05, 4.69) is 31.4 Å². The number of amides is 1. The van der Waals surface area contributed by atoms with E-state index < -0.39 is 5.97 Å². The van der Waals surface area contributed by atoms with E-state index in [0.717, 1.165) is 10.0 Å². The highest BCUT2D eigenvalue weighted by atomic mass is 79.9. The number of ether oxygens (including phenoxy) is 1. The molecular weight excluding hydrogens is 402 g/mol. The molecule has 1 heterocycles. The van der Waals surface area contributed by atoms with E-state index in [1.807, 2.05) is 24.3 Å². The molecule has 2 aromatic carbocycles. The van der Waals surface area contributed by atoms with Crippen molar-refractivity contribution in [1.82, 2.24) is 10.1 Å². The Morgan fingerprint density at radius 1 is 1.12 bits per heavy atom. The van der Waals surface area contributed by atoms with Crippen LogP contribution < -0.4 is 5.32 Å². The van der Waals surface area contributed by atoms with Gasteiger partial charge in [0, 0.05) is 22.6 Å². The Hall–Kier alpha value is -3.00. The zero-order valence-corrected chi connectivity index (χ0v) is 15.3. The van der Waals surface area contributed by atoms with Gasteiger partial charge in [0.05, 0.1) is 5.56 Å². The minimum atomic E-state index is -0.525. The van der Waals surface area contributed by atoms with Gasteiger partial charge in [-0.2, -0.15) is 4.98 Å². The molecule has 8 heteroatoms. The molecular formula is C18H14BrN3O4. The van der Waals surface area contributed by atoms with Crippen LogP contribution in [0.3, 0.4) is 0 Å². The average molecular weight is 416 g/mol. The molecule has 0 aliphatic rings. The van der Waals surface area contributed by atoms with Gasteiger partial charge in [-0.3, -0.25) is 4.79 Å². The standard InChI is InChI=1S/C18H14BrN3O4/c1-11(23)20-15-8-4-13(5-9-15)18(24)25-10-16-21-17(22-26-16)12-2-6-14(19)7-3-12/h2-9H,10H2,1H3,(H,20,23). The lowest BCUT2D eigenvalue weighted by Crippen LogP contribution is -2.08. The maximum absolute atomic E-state index is 12.1. The van der Waals surface area contributed by atoms with E-state index >= 15 is 0 Å². The first-order valence-electron chi connectivity index (χ1n) is 7.64. The molecule has 0 radical (unpaired) electrons. The lowest BCUT2D eigenvalue weighted by Gasteiger charge is -2.04. The number of esters is 1. The van der Waals surface area contributed by atoms with Gasteiger partial charge in [0.2, 0.25) is 11.7 Å². The normalized spacial score (nSPS) is 10.4. The summed E-state index contributed by atoms with van der Waals surface area (Å²) in [6.45, 7) is 1.28. The highest BCUT2D eigenvalue weighted by Crippen LogP contribution is 2.19. The maximum Gasteiger partial charge on any atom is 0.338 e. The van der Waals surface area contributed by atoms with Crippen molar-refractivity contribution >= 4 is 33.5 Å². The monoisotopic (exact) mass is 415 g/mol. The number of carbonyl (C=O) groups excluding carboxylic acids is 2. The number of anilines is 1. The Bertz CT molecular complexity index is 920. The van der Waals surface area contributed by atoms with E-state index in [4.69, 9.17) is 9.26 Å². The lowest BCUT2D eigenvalue weighted by atomic mass is 10.2. The fourth-order valence-corrected chi connectivity index (χ4v) is 2.40. The van der Waals surface area contributed by atoms with Crippen molar-refractivity contribution in [3.05, 3.63) is 64.5 Å². The summed E-state index contributed by atoms with van der Waals surface area (Å²) in [5.74, 6) is -0.0876. The summed E-state index contributed by atoms with van der Waals surface area (Å²) < 4.78 is 11.2. The molecule has 1 aromatic heterocycles. The Balaban J connectivity index is 1.59. The van der Waals surface area contributed by atoms with Gasteiger partial charge in [-0.25, -0.2) is 4.79 Å². The van der Waals surface area contributed by atoms with Crippen molar-refractivity contribution in [2.45, 2.75) is 13.5 Å². The van der Waals surface area contributed by atoms with Crippen LogP contribution in [0.4, 0.5) is 5.69 Å². The smallest absolute Gasteiger partial charge is 0.338 e. The zero-order valence-electron chi connectivity index (χ0n) is 13.7. The minimum Gasteiger partial charge on any atom is -0.452 e. The summed E-state index contributed by atoms with van der Waals surface area (Å²) in [6.07, 6.45) is 0. The van der Waals surface area contributed by atoms with Crippen LogP contribution in [0.15, 0.2) is 57.5 Å². The first kappa shape index (κ1) is 17.8. The molecule has 0 fully saturated rings. The Morgan fingerprint density at radius 3 is 2.46 bits per heavy atom. The minimum absolute atomic E-state index is 0.129. The van der Waals surface area contributed by atoms with Gasteiger partial charge in [0.15, 0.2) is 6.61 Å². The van der Waals surface area contributed by atoms with Crippen LogP contribution in [0.2, 0.25) is 0 Å². The second-order valence-corrected chi connectivity index (χ2v) is 6.27. The average Bonchev–Trinajstić information content (AvgIpc) is 3.09. The first-order valence-corrected chi connectivity index (χ1v) is 8.44. The van der Waals surface area contributed by atoms with Gasteiger partial charge in [-0.05, 0) is 48.5 Å². The Morgan fingerprint density at radius 2 is 1.81 bits per heavy atom. The SMILES string of the molecule is CC(=O)Nc1ccc(C(=O)OCc2nc(-c3ccc(Br)cc3)no2)cc1. The van der Waals surface area contributed by atoms with Crippen molar-refractivity contribution in [3.63, 3.8) is 0 Å². The fourth-order valence-electron chi connectivity index (χ4n) is 2.13. The molecule has 0 saturated heterocycles. The van der Waals surface area contributed by atoms with Crippen LogP contribution in [0.5, 0.6) is 0 Å². The number of benzene rings is 2. The van der Waals surface area contributed by atoms with Gasteiger partial charge >= 0.3 is 5.97 Å². The van der Waals surface area contributed by atoms with E-state index in [-0.39, 0.29) is 18.4 Å². The first-order chi connectivity index (χ1) is 12.5. The molecule has 7 nitrogen and oxygen atoms in total. The zero-order chi connectivity index (χ0) is 18.5. The highest BCUT2D eigenvalue weighted by Gasteiger charge is 2.12. The molecule has 132 valence electrons. The van der Waals surface area contributed by atoms with Gasteiger partial charge < -0.3 is 14.6 Å². The maximum atomic E-state index is 12.1. The quantitative estimate of drug-likeness (QED) is 0.636. The number of carbonyl (C=O) groups is 2. The van der Waals surface area contributed by atoms with E-state index in [9.17, 15) is 9.59 Å². The number of hydrogen-bond acceptors (Lipinski definition) is 6. The van der Waals surface area contributed by atoms with Crippen molar-refractivity contribution in [3.8, 4) is 11.4 Å². The van der Waals surface area contributed by atoms with Crippen molar-refractivity contribution in [2.24, 2.45) is 0 Å². The van der Waals surface area contributed by atoms with Crippen LogP contribution in [0.25, 0.3) is 11.4 Å². The van der Waals surface area contributed by atoms with Gasteiger partial charge in [0.25, 0.3) is 5.89 Å². The summed E-state index contributed by atoms with van der Waals surface area (Å²) in [5.41, 5.74) is 1.75. The molecule has 26 heavy (non-hydrogen) atoms. The fraction of sp³-hybridized carbons (Fsp3) is 0.111. The van der Waals surface area contributed by atoms with Gasteiger partial charge in [-0.15, -0.1) is 0 Å². The third kappa shape index (κ3) is 4.54. The molecule has 0 aliphatic carbocycles. The Kier molecular flexibility index (Phi) is 5.43. The van der Waals surface area contributed by atoms with E-state index in [1.54, 1.807) is 24.3 Å². The lowest BCUT2D eigenvalue weighted by molar-refractivity contribution is -0.114. The van der Waals surface area contributed by atoms with Crippen molar-refractivity contribution < 1.29 is 18.8 Å². The second kappa shape index (κ2) is 7.92. The van der Waals surface area contributed by atoms with Crippen molar-refractivity contribution in [1.29, 1.82) is 0 Å². The highest BCUT2D eigenvalue weighted by molar-refractivity contribution is 9.10. The summed E-state index contributed by atoms with van der Waals surface area (Å²) in [4.78, 5) is 27.2. The van der Waals surface area contributed by atoms with Crippen LogP contribution in [-0.4, -0.2) is 22.0 Å². The largest absolute Gasteiger partial charge is 0.452 e. The van der Waals surface area contributed by atoms with Crippen LogP contribution in [-0.2, 0) is 16.1 Å². The number of nitrogens with one attached hydrogen (secondary N) is 1. The number of rotatable bonds is 5. The predicted octanol–water partition coefficient (Wildman–Crippen LogP) is 3.81. The topological polar surface area (TPSA) is 94.3 Å². The van der Waals surface area contributed by atoms with E-state index in [0.29, 0.717) is 17.1 Å². The van der Waals surface area contributed by atoms with Crippen LogP contribution in [0, 0.1) is 0 Å². The molecule has 0 atom stereocenters. The summed E-state index contributed by atoms with van der Waals surface area (Å²) >= 11 is 3.36. The Labute approximate surface area is 157 Å². The van der Waals surface area contributed by atoms with Gasteiger partial charge in [-0.1, -0.05) is 21.1 Å². The molecule has 3 rings (SSSR count). The third-order valence-corrected chi connectivity index (χ3v) is 3.87. The molecule has 3 aromatic rings. The molecule has 1 N–H and O–H groups in total. The van der Waals surface area contributed by atoms with E-state index in [1.165, 1.54) is 6.92 Å². The number of nitrogens with zero attached hydrogens (tertiary/aromatic N) is 2. The number of halogens is 1. The molecule has 0 spiro atoms. The molecule has 0 aliphatic heterocycles.